The van der Waals surface area contributed by atoms with Crippen LogP contribution in [0.15, 0.2) is 23.5 Å². The number of hydrogen-bond donors (Lipinski definition) is 1. The molecule has 2 heterocycles. The molecular formula is C5H4N6O. The lowest BCUT2D eigenvalue weighted by Gasteiger charge is -1.92. The van der Waals surface area contributed by atoms with Crippen LogP contribution in [-0.4, -0.2) is 30.2 Å². The van der Waals surface area contributed by atoms with Gasteiger partial charge in [0, 0.05) is 0 Å². The molecule has 0 unspecified atom stereocenters. The van der Waals surface area contributed by atoms with E-state index >= 15 is 0 Å². The zero-order valence-electron chi connectivity index (χ0n) is 5.88. The first-order chi connectivity index (χ1) is 5.88. The van der Waals surface area contributed by atoms with Crippen LogP contribution in [0.1, 0.15) is 0 Å². The Morgan fingerprint density at radius 2 is 2.08 bits per heavy atom. The molecule has 1 N–H and O–H groups in total. The van der Waals surface area contributed by atoms with E-state index < -0.39 is 5.69 Å². The van der Waals surface area contributed by atoms with Crippen molar-refractivity contribution in [1.29, 1.82) is 0 Å². The van der Waals surface area contributed by atoms with Gasteiger partial charge in [0.15, 0.2) is 0 Å². The number of aromatic amines is 1. The van der Waals surface area contributed by atoms with Gasteiger partial charge in [-0.3, -0.25) is 0 Å². The molecule has 0 fully saturated rings. The second-order valence-electron chi connectivity index (χ2n) is 2.01. The van der Waals surface area contributed by atoms with Gasteiger partial charge in [-0.1, -0.05) is 0 Å². The van der Waals surface area contributed by atoms with E-state index in [2.05, 4.69) is 25.5 Å². The van der Waals surface area contributed by atoms with Gasteiger partial charge in [0.2, 0.25) is 0 Å². The fraction of sp³-hybridized carbons (Fsp3) is 0. The summed E-state index contributed by atoms with van der Waals surface area (Å²) in [5, 5.41) is 8.98. The lowest BCUT2D eigenvalue weighted by atomic mass is 10.5. The monoisotopic (exact) mass is 164 g/mol. The smallest absolute Gasteiger partial charge is 0.244 e. The maximum absolute atomic E-state index is 10.9. The Morgan fingerprint density at radius 1 is 1.33 bits per heavy atom. The second kappa shape index (κ2) is 2.53. The first kappa shape index (κ1) is 6.65. The molecule has 0 bridgehead atoms. The topological polar surface area (TPSA) is 89.4 Å². The Hall–Kier alpha value is -2.05. The maximum atomic E-state index is 10.9. The third-order valence-electron chi connectivity index (χ3n) is 1.26. The van der Waals surface area contributed by atoms with E-state index in [0.717, 1.165) is 4.68 Å². The number of hydrogen-bond acceptors (Lipinski definition) is 5. The van der Waals surface area contributed by atoms with Crippen LogP contribution < -0.4 is 5.69 Å². The summed E-state index contributed by atoms with van der Waals surface area (Å²) in [5.74, 6) is 0. The summed E-state index contributed by atoms with van der Waals surface area (Å²) >= 11 is 0. The number of nitrogens with zero attached hydrogens (tertiary/aromatic N) is 5. The second-order valence-corrected chi connectivity index (χ2v) is 2.01. The Bertz CT molecular complexity index is 417. The molecule has 0 aliphatic rings. The Kier molecular flexibility index (Phi) is 1.40. The third-order valence-corrected chi connectivity index (χ3v) is 1.26. The van der Waals surface area contributed by atoms with E-state index in [0.29, 0.717) is 5.69 Å². The van der Waals surface area contributed by atoms with Crippen molar-refractivity contribution in [2.45, 2.75) is 0 Å². The van der Waals surface area contributed by atoms with Crippen molar-refractivity contribution in [2.24, 2.45) is 0 Å². The van der Waals surface area contributed by atoms with Crippen LogP contribution in [0.3, 0.4) is 0 Å². The van der Waals surface area contributed by atoms with Crippen molar-refractivity contribution in [1.82, 2.24) is 30.2 Å². The number of aromatic nitrogens is 6. The highest BCUT2D eigenvalue weighted by atomic mass is 16.2. The molecule has 0 spiro atoms. The lowest BCUT2D eigenvalue weighted by Crippen LogP contribution is -2.16. The van der Waals surface area contributed by atoms with Gasteiger partial charge in [-0.15, -0.1) is 0 Å². The minimum absolute atomic E-state index is 0.412. The average Bonchev–Trinajstić information content (AvgIpc) is 2.53. The van der Waals surface area contributed by atoms with E-state index in [4.69, 9.17) is 0 Å². The molecule has 2 aromatic heterocycles. The predicted molar refractivity (Wildman–Crippen MR) is 37.6 cm³/mol. The van der Waals surface area contributed by atoms with Crippen LogP contribution >= 0.6 is 0 Å². The third kappa shape index (κ3) is 0.965. The van der Waals surface area contributed by atoms with E-state index in [1.807, 2.05) is 0 Å². The highest BCUT2D eigenvalue weighted by molar-refractivity contribution is 5.20. The summed E-state index contributed by atoms with van der Waals surface area (Å²) < 4.78 is 1.07. The van der Waals surface area contributed by atoms with Crippen molar-refractivity contribution in [3.63, 3.8) is 0 Å². The quantitative estimate of drug-likeness (QED) is 0.568. The molecule has 0 saturated heterocycles. The molecule has 60 valence electrons. The molecule has 0 amide bonds. The van der Waals surface area contributed by atoms with Crippen molar-refractivity contribution >= 4 is 0 Å². The van der Waals surface area contributed by atoms with Gasteiger partial charge < -0.3 is 0 Å². The van der Waals surface area contributed by atoms with Crippen LogP contribution in [0.2, 0.25) is 0 Å². The molecular weight excluding hydrogens is 160 g/mol. The van der Waals surface area contributed by atoms with E-state index in [1.165, 1.54) is 18.7 Å². The molecule has 0 saturated carbocycles. The summed E-state index contributed by atoms with van der Waals surface area (Å²) in [7, 11) is 0. The summed E-state index contributed by atoms with van der Waals surface area (Å²) in [5.41, 5.74) is 0.0704. The van der Waals surface area contributed by atoms with E-state index in [1.54, 1.807) is 0 Å². The largest absolute Gasteiger partial charge is 0.365 e. The Morgan fingerprint density at radius 3 is 2.67 bits per heavy atom. The molecule has 2 rings (SSSR count). The maximum Gasteiger partial charge on any atom is 0.365 e. The van der Waals surface area contributed by atoms with Crippen molar-refractivity contribution in [3.05, 3.63) is 29.2 Å². The molecule has 0 aromatic carbocycles. The fourth-order valence-electron chi connectivity index (χ4n) is 0.767. The SMILES string of the molecule is O=c1[nH]nnn1-c1cncnc1. The lowest BCUT2D eigenvalue weighted by molar-refractivity contribution is 0.772. The first-order valence-corrected chi connectivity index (χ1v) is 3.14. The van der Waals surface area contributed by atoms with Crippen LogP contribution in [0, 0.1) is 0 Å². The van der Waals surface area contributed by atoms with Crippen LogP contribution in [0.5, 0.6) is 0 Å². The van der Waals surface area contributed by atoms with Gasteiger partial charge in [-0.05, 0) is 10.4 Å². The zero-order valence-corrected chi connectivity index (χ0v) is 5.88. The zero-order chi connectivity index (χ0) is 8.39. The average molecular weight is 164 g/mol. The highest BCUT2D eigenvalue weighted by Crippen LogP contribution is 1.93. The number of rotatable bonds is 1. The fourth-order valence-corrected chi connectivity index (χ4v) is 0.767. The van der Waals surface area contributed by atoms with Crippen LogP contribution in [0.25, 0.3) is 5.69 Å². The van der Waals surface area contributed by atoms with E-state index in [9.17, 15) is 4.79 Å². The standard InChI is InChI=1S/C5H4N6O/c12-5-8-9-10-11(5)4-1-6-3-7-2-4/h1-3H,(H,8,10,12). The summed E-state index contributed by atoms with van der Waals surface area (Å²) in [6.07, 6.45) is 4.31. The summed E-state index contributed by atoms with van der Waals surface area (Å²) in [4.78, 5) is 18.4. The molecule has 0 atom stereocenters. The Labute approximate surface area is 66.1 Å². The van der Waals surface area contributed by atoms with Gasteiger partial charge in [0.25, 0.3) is 0 Å². The molecule has 12 heavy (non-hydrogen) atoms. The van der Waals surface area contributed by atoms with Gasteiger partial charge in [-0.2, -0.15) is 4.68 Å². The van der Waals surface area contributed by atoms with Crippen LogP contribution in [-0.2, 0) is 0 Å². The predicted octanol–water partition coefficient (Wildman–Crippen LogP) is -1.25. The van der Waals surface area contributed by atoms with E-state index in [-0.39, 0.29) is 0 Å². The molecule has 2 aromatic rings. The highest BCUT2D eigenvalue weighted by Gasteiger charge is 2.00. The molecule has 7 nitrogen and oxygen atoms in total. The van der Waals surface area contributed by atoms with Gasteiger partial charge in [-0.25, -0.2) is 19.9 Å². The minimum Gasteiger partial charge on any atom is -0.244 e. The van der Waals surface area contributed by atoms with Crippen molar-refractivity contribution in [2.75, 3.05) is 0 Å². The normalized spacial score (nSPS) is 10.0. The molecule has 7 heteroatoms. The minimum atomic E-state index is -0.412. The van der Waals surface area contributed by atoms with Gasteiger partial charge in [0.1, 0.15) is 12.0 Å². The van der Waals surface area contributed by atoms with Crippen LogP contribution in [0.4, 0.5) is 0 Å². The summed E-state index contributed by atoms with van der Waals surface area (Å²) in [6, 6.07) is 0. The number of nitrogens with one attached hydrogen (secondary N) is 1. The van der Waals surface area contributed by atoms with Gasteiger partial charge >= 0.3 is 5.69 Å². The number of H-pyrrole nitrogens is 1. The first-order valence-electron chi connectivity index (χ1n) is 3.14. The Balaban J connectivity index is 2.59. The molecule has 0 aliphatic heterocycles. The molecule has 0 radical (unpaired) electrons. The molecule has 0 aliphatic carbocycles. The van der Waals surface area contributed by atoms with Crippen molar-refractivity contribution in [3.8, 4) is 5.69 Å². The summed E-state index contributed by atoms with van der Waals surface area (Å²) in [6.45, 7) is 0. The van der Waals surface area contributed by atoms with Gasteiger partial charge in [0.05, 0.1) is 12.4 Å². The van der Waals surface area contributed by atoms with Crippen molar-refractivity contribution < 1.29 is 0 Å². The number of tetrazole rings is 1.